The molecule has 136 valence electrons. The first-order chi connectivity index (χ1) is 12.3. The van der Waals surface area contributed by atoms with Crippen molar-refractivity contribution in [3.8, 4) is 0 Å². The second-order valence-corrected chi connectivity index (χ2v) is 7.65. The zero-order valence-electron chi connectivity index (χ0n) is 14.0. The third kappa shape index (κ3) is 4.04. The van der Waals surface area contributed by atoms with Crippen LogP contribution in [0.25, 0.3) is 0 Å². The number of amides is 1. The van der Waals surface area contributed by atoms with Crippen LogP contribution in [0, 0.1) is 24.5 Å². The minimum absolute atomic E-state index is 0.0312. The molecule has 2 aromatic rings. The third-order valence-corrected chi connectivity index (χ3v) is 5.63. The summed E-state index contributed by atoms with van der Waals surface area (Å²) < 4.78 is 27.3. The molecule has 0 heterocycles. The van der Waals surface area contributed by atoms with Crippen molar-refractivity contribution in [2.24, 2.45) is 5.92 Å². The predicted octanol–water partition coefficient (Wildman–Crippen LogP) is 4.48. The molecule has 0 aliphatic heterocycles. The number of halogens is 2. The fourth-order valence-electron chi connectivity index (χ4n) is 2.70. The van der Waals surface area contributed by atoms with Crippen molar-refractivity contribution in [2.75, 3.05) is 5.32 Å². The normalized spacial score (nSPS) is 18.9. The number of benzene rings is 2. The highest BCUT2D eigenvalue weighted by Crippen LogP contribution is 2.41. The van der Waals surface area contributed by atoms with Gasteiger partial charge in [-0.15, -0.1) is 11.8 Å². The van der Waals surface area contributed by atoms with Crippen molar-refractivity contribution in [3.05, 3.63) is 59.2 Å². The summed E-state index contributed by atoms with van der Waals surface area (Å²) in [5.41, 5.74) is 1.15. The average molecular weight is 377 g/mol. The summed E-state index contributed by atoms with van der Waals surface area (Å²) in [6.07, 6.45) is 0.982. The Morgan fingerprint density at radius 2 is 1.81 bits per heavy atom. The molecule has 1 aliphatic carbocycles. The SMILES string of the molecule is Cc1cc(NC(=O)c2ccc(F)c(SC3CC(C(=O)O)C3)c2)ccc1F. The monoisotopic (exact) mass is 377 g/mol. The standard InChI is InChI=1S/C19H17F2NO3S/c1-10-6-13(3-5-15(10)20)22-18(23)11-2-4-16(21)17(9-11)26-14-7-12(8-14)19(24)25/h2-6,9,12,14H,7-8H2,1H3,(H,22,23)(H,24,25). The van der Waals surface area contributed by atoms with Gasteiger partial charge in [0.15, 0.2) is 0 Å². The number of aliphatic carboxylic acids is 1. The number of thioether (sulfide) groups is 1. The smallest absolute Gasteiger partial charge is 0.306 e. The summed E-state index contributed by atoms with van der Waals surface area (Å²) in [6.45, 7) is 1.60. The summed E-state index contributed by atoms with van der Waals surface area (Å²) in [7, 11) is 0. The van der Waals surface area contributed by atoms with Crippen LogP contribution >= 0.6 is 11.8 Å². The Morgan fingerprint density at radius 1 is 1.12 bits per heavy atom. The molecule has 1 aliphatic rings. The highest BCUT2D eigenvalue weighted by Gasteiger charge is 2.35. The van der Waals surface area contributed by atoms with E-state index >= 15 is 0 Å². The maximum absolute atomic E-state index is 14.0. The fraction of sp³-hybridized carbons (Fsp3) is 0.263. The number of carbonyl (C=O) groups excluding carboxylic acids is 1. The quantitative estimate of drug-likeness (QED) is 0.806. The number of rotatable bonds is 5. The van der Waals surface area contributed by atoms with Gasteiger partial charge in [-0.25, -0.2) is 8.78 Å². The van der Waals surface area contributed by atoms with E-state index in [1.807, 2.05) is 0 Å². The largest absolute Gasteiger partial charge is 0.481 e. The molecule has 4 nitrogen and oxygen atoms in total. The lowest BCUT2D eigenvalue weighted by atomic mass is 9.85. The summed E-state index contributed by atoms with van der Waals surface area (Å²) in [6, 6.07) is 8.31. The third-order valence-electron chi connectivity index (χ3n) is 4.35. The van der Waals surface area contributed by atoms with Crippen molar-refractivity contribution in [1.29, 1.82) is 0 Å². The van der Waals surface area contributed by atoms with Crippen LogP contribution in [0.4, 0.5) is 14.5 Å². The summed E-state index contributed by atoms with van der Waals surface area (Å²) >= 11 is 1.25. The van der Waals surface area contributed by atoms with Crippen molar-refractivity contribution < 1.29 is 23.5 Å². The lowest BCUT2D eigenvalue weighted by molar-refractivity contribution is -0.144. The van der Waals surface area contributed by atoms with E-state index in [0.717, 1.165) is 0 Å². The number of carbonyl (C=O) groups is 2. The predicted molar refractivity (Wildman–Crippen MR) is 95.5 cm³/mol. The first-order valence-electron chi connectivity index (χ1n) is 8.10. The van der Waals surface area contributed by atoms with E-state index in [2.05, 4.69) is 5.32 Å². The second kappa shape index (κ2) is 7.45. The molecule has 0 saturated heterocycles. The van der Waals surface area contributed by atoms with E-state index in [-0.39, 0.29) is 22.5 Å². The van der Waals surface area contributed by atoms with Gasteiger partial charge in [-0.3, -0.25) is 9.59 Å². The van der Waals surface area contributed by atoms with Crippen LogP contribution in [0.15, 0.2) is 41.3 Å². The average Bonchev–Trinajstić information content (AvgIpc) is 2.55. The molecule has 2 aromatic carbocycles. The van der Waals surface area contributed by atoms with Crippen LogP contribution in [0.2, 0.25) is 0 Å². The summed E-state index contributed by atoms with van der Waals surface area (Å²) in [4.78, 5) is 23.5. The molecule has 0 bridgehead atoms. The molecular formula is C19H17F2NO3S. The second-order valence-electron chi connectivity index (χ2n) is 6.31. The number of carboxylic acids is 1. The first kappa shape index (κ1) is 18.4. The van der Waals surface area contributed by atoms with Gasteiger partial charge in [0.2, 0.25) is 0 Å². The van der Waals surface area contributed by atoms with E-state index in [4.69, 9.17) is 5.11 Å². The molecule has 26 heavy (non-hydrogen) atoms. The Labute approximate surface area is 153 Å². The van der Waals surface area contributed by atoms with Crippen molar-refractivity contribution >= 4 is 29.3 Å². The molecule has 7 heteroatoms. The van der Waals surface area contributed by atoms with E-state index in [1.165, 1.54) is 48.2 Å². The van der Waals surface area contributed by atoms with Crippen LogP contribution in [-0.4, -0.2) is 22.2 Å². The molecule has 2 N–H and O–H groups in total. The van der Waals surface area contributed by atoms with Crippen LogP contribution < -0.4 is 5.32 Å². The first-order valence-corrected chi connectivity index (χ1v) is 8.98. The summed E-state index contributed by atoms with van der Waals surface area (Å²) in [5.74, 6) is -2.42. The fourth-order valence-corrected chi connectivity index (χ4v) is 4.10. The van der Waals surface area contributed by atoms with Gasteiger partial charge >= 0.3 is 5.97 Å². The van der Waals surface area contributed by atoms with Gasteiger partial charge in [-0.1, -0.05) is 0 Å². The van der Waals surface area contributed by atoms with Gasteiger partial charge in [0.05, 0.1) is 5.92 Å². The van der Waals surface area contributed by atoms with Crippen LogP contribution in [0.1, 0.15) is 28.8 Å². The Bertz CT molecular complexity index is 866. The van der Waals surface area contributed by atoms with Crippen molar-refractivity contribution in [3.63, 3.8) is 0 Å². The molecule has 1 saturated carbocycles. The Hall–Kier alpha value is -2.41. The zero-order chi connectivity index (χ0) is 18.8. The molecule has 0 unspecified atom stereocenters. The molecular weight excluding hydrogens is 360 g/mol. The van der Waals surface area contributed by atoms with Crippen LogP contribution in [-0.2, 0) is 4.79 Å². The van der Waals surface area contributed by atoms with Crippen molar-refractivity contribution in [1.82, 2.24) is 0 Å². The molecule has 0 aromatic heterocycles. The molecule has 0 spiro atoms. The van der Waals surface area contributed by atoms with Gasteiger partial charge in [-0.2, -0.15) is 0 Å². The van der Waals surface area contributed by atoms with E-state index in [9.17, 15) is 18.4 Å². The molecule has 3 rings (SSSR count). The van der Waals surface area contributed by atoms with Crippen LogP contribution in [0.3, 0.4) is 0 Å². The number of hydrogen-bond donors (Lipinski definition) is 2. The van der Waals surface area contributed by atoms with Gasteiger partial charge in [-0.05, 0) is 61.7 Å². The molecule has 0 atom stereocenters. The van der Waals surface area contributed by atoms with Gasteiger partial charge in [0.1, 0.15) is 11.6 Å². The number of carboxylic acid groups (broad SMARTS) is 1. The van der Waals surface area contributed by atoms with Gasteiger partial charge < -0.3 is 10.4 Å². The van der Waals surface area contributed by atoms with E-state index in [1.54, 1.807) is 6.92 Å². The van der Waals surface area contributed by atoms with Gasteiger partial charge in [0, 0.05) is 21.4 Å². The topological polar surface area (TPSA) is 66.4 Å². The number of hydrogen-bond acceptors (Lipinski definition) is 3. The number of aryl methyl sites for hydroxylation is 1. The number of anilines is 1. The maximum atomic E-state index is 14.0. The minimum atomic E-state index is -0.829. The molecule has 0 radical (unpaired) electrons. The Balaban J connectivity index is 1.69. The summed E-state index contributed by atoms with van der Waals surface area (Å²) in [5, 5.41) is 11.6. The number of nitrogens with one attached hydrogen (secondary N) is 1. The van der Waals surface area contributed by atoms with Crippen LogP contribution in [0.5, 0.6) is 0 Å². The highest BCUT2D eigenvalue weighted by molar-refractivity contribution is 8.00. The van der Waals surface area contributed by atoms with E-state index in [0.29, 0.717) is 29.0 Å². The lowest BCUT2D eigenvalue weighted by Crippen LogP contribution is -2.32. The minimum Gasteiger partial charge on any atom is -0.481 e. The Morgan fingerprint density at radius 3 is 2.46 bits per heavy atom. The van der Waals surface area contributed by atoms with Crippen molar-refractivity contribution in [2.45, 2.75) is 29.9 Å². The van der Waals surface area contributed by atoms with Gasteiger partial charge in [0.25, 0.3) is 5.91 Å². The highest BCUT2D eigenvalue weighted by atomic mass is 32.2. The Kier molecular flexibility index (Phi) is 5.27. The maximum Gasteiger partial charge on any atom is 0.306 e. The zero-order valence-corrected chi connectivity index (χ0v) is 14.8. The lowest BCUT2D eigenvalue weighted by Gasteiger charge is -2.31. The van der Waals surface area contributed by atoms with E-state index < -0.39 is 17.7 Å². The molecule has 1 amide bonds. The molecule has 1 fully saturated rings.